The van der Waals surface area contributed by atoms with Gasteiger partial charge in [-0.05, 0) is 37.3 Å². The van der Waals surface area contributed by atoms with Crippen LogP contribution in [0.3, 0.4) is 0 Å². The number of carbonyl (C=O) groups excluding carboxylic acids is 2. The van der Waals surface area contributed by atoms with Crippen LogP contribution in [-0.2, 0) is 16.1 Å². The van der Waals surface area contributed by atoms with Gasteiger partial charge in [-0.3, -0.25) is 9.48 Å². The molecule has 0 saturated heterocycles. The van der Waals surface area contributed by atoms with Crippen molar-refractivity contribution in [1.29, 1.82) is 0 Å². The number of alkyl halides is 2. The lowest BCUT2D eigenvalue weighted by molar-refractivity contribution is -0.121. The van der Waals surface area contributed by atoms with Crippen LogP contribution in [0.5, 0.6) is 5.88 Å². The molecule has 0 aliphatic heterocycles. The molecule has 40 heavy (non-hydrogen) atoms. The van der Waals surface area contributed by atoms with Crippen molar-refractivity contribution in [2.75, 3.05) is 12.4 Å². The molecule has 10 nitrogen and oxygen atoms in total. The van der Waals surface area contributed by atoms with Crippen molar-refractivity contribution < 1.29 is 32.2 Å². The number of aromatic nitrogens is 4. The molecule has 214 valence electrons. The second kappa shape index (κ2) is 12.5. The van der Waals surface area contributed by atoms with Crippen molar-refractivity contribution in [3.63, 3.8) is 0 Å². The number of benzene rings is 1. The standard InChI is InChI=1S/C26H28ClF3N6O4/c1-15(18-12-20(27)33-34-24(18)39-2)36-13-19(22(28)35-36)31-23(37)21(17-8-10-26(29,30)11-9-17)32-25(38)40-14-16-6-4-3-5-7-16/h3-7,12-13,15,17,21H,8-11,14H2,1-2H3,(H,31,37)(H,32,38). The summed E-state index contributed by atoms with van der Waals surface area (Å²) < 4.78 is 54.1. The molecule has 2 atom stereocenters. The zero-order chi connectivity index (χ0) is 28.9. The molecule has 0 spiro atoms. The summed E-state index contributed by atoms with van der Waals surface area (Å²) in [5, 5.41) is 16.4. The third-order valence-electron chi connectivity index (χ3n) is 6.74. The first-order valence-electron chi connectivity index (χ1n) is 12.5. The maximum Gasteiger partial charge on any atom is 0.408 e. The van der Waals surface area contributed by atoms with E-state index in [0.717, 1.165) is 5.56 Å². The summed E-state index contributed by atoms with van der Waals surface area (Å²) in [6.45, 7) is 1.63. The fraction of sp³-hybridized carbons (Fsp3) is 0.423. The highest BCUT2D eigenvalue weighted by atomic mass is 35.5. The van der Waals surface area contributed by atoms with Gasteiger partial charge in [-0.1, -0.05) is 41.9 Å². The number of alkyl carbamates (subject to hydrolysis) is 1. The summed E-state index contributed by atoms with van der Waals surface area (Å²) >= 11 is 5.95. The van der Waals surface area contributed by atoms with Crippen LogP contribution >= 0.6 is 11.6 Å². The Morgan fingerprint density at radius 1 is 1.20 bits per heavy atom. The third-order valence-corrected chi connectivity index (χ3v) is 6.93. The molecule has 4 rings (SSSR count). The Bertz CT molecular complexity index is 1330. The van der Waals surface area contributed by atoms with Crippen molar-refractivity contribution in [2.45, 2.75) is 57.2 Å². The first kappa shape index (κ1) is 29.1. The van der Waals surface area contributed by atoms with Gasteiger partial charge in [0.15, 0.2) is 5.15 Å². The molecule has 0 bridgehead atoms. The van der Waals surface area contributed by atoms with Crippen molar-refractivity contribution in [2.24, 2.45) is 5.92 Å². The summed E-state index contributed by atoms with van der Waals surface area (Å²) in [5.41, 5.74) is 0.920. The Morgan fingerprint density at radius 2 is 1.90 bits per heavy atom. The summed E-state index contributed by atoms with van der Waals surface area (Å²) in [4.78, 5) is 25.9. The van der Waals surface area contributed by atoms with Gasteiger partial charge in [0.25, 0.3) is 5.95 Å². The van der Waals surface area contributed by atoms with Crippen LogP contribution in [0.25, 0.3) is 0 Å². The zero-order valence-corrected chi connectivity index (χ0v) is 22.5. The zero-order valence-electron chi connectivity index (χ0n) is 21.7. The van der Waals surface area contributed by atoms with Crippen LogP contribution in [0, 0.1) is 11.9 Å². The van der Waals surface area contributed by atoms with E-state index in [1.54, 1.807) is 31.2 Å². The Balaban J connectivity index is 1.49. The van der Waals surface area contributed by atoms with Gasteiger partial charge in [0.1, 0.15) is 18.3 Å². The number of halogens is 4. The van der Waals surface area contributed by atoms with Crippen LogP contribution in [0.15, 0.2) is 42.6 Å². The molecule has 1 aliphatic carbocycles. The van der Waals surface area contributed by atoms with E-state index in [1.165, 1.54) is 24.1 Å². The van der Waals surface area contributed by atoms with E-state index in [0.29, 0.717) is 5.56 Å². The van der Waals surface area contributed by atoms with E-state index >= 15 is 0 Å². The average Bonchev–Trinajstić information content (AvgIpc) is 3.30. The molecular formula is C26H28ClF3N6O4. The van der Waals surface area contributed by atoms with Gasteiger partial charge in [-0.15, -0.1) is 15.3 Å². The molecule has 14 heteroatoms. The second-order valence-corrected chi connectivity index (χ2v) is 9.87. The Hall–Kier alpha value is -3.87. The smallest absolute Gasteiger partial charge is 0.408 e. The number of ether oxygens (including phenoxy) is 2. The minimum absolute atomic E-state index is 0.0154. The van der Waals surface area contributed by atoms with Gasteiger partial charge >= 0.3 is 6.09 Å². The lowest BCUT2D eigenvalue weighted by atomic mass is 9.81. The predicted octanol–water partition coefficient (Wildman–Crippen LogP) is 5.14. The molecule has 0 radical (unpaired) electrons. The Labute approximate surface area is 233 Å². The fourth-order valence-electron chi connectivity index (χ4n) is 4.52. The summed E-state index contributed by atoms with van der Waals surface area (Å²) in [5.74, 6) is -5.08. The molecule has 1 aliphatic rings. The number of nitrogens with zero attached hydrogens (tertiary/aromatic N) is 4. The van der Waals surface area contributed by atoms with Crippen LogP contribution in [0.1, 0.15) is 49.8 Å². The topological polar surface area (TPSA) is 120 Å². The molecule has 1 saturated carbocycles. The van der Waals surface area contributed by atoms with Gasteiger partial charge in [0.05, 0.1) is 19.3 Å². The van der Waals surface area contributed by atoms with Gasteiger partial charge in [-0.25, -0.2) is 13.6 Å². The molecule has 2 N–H and O–H groups in total. The van der Waals surface area contributed by atoms with Crippen LogP contribution < -0.4 is 15.4 Å². The highest BCUT2D eigenvalue weighted by Crippen LogP contribution is 2.38. The fourth-order valence-corrected chi connectivity index (χ4v) is 4.67. The summed E-state index contributed by atoms with van der Waals surface area (Å²) in [7, 11) is 1.39. The minimum atomic E-state index is -2.85. The van der Waals surface area contributed by atoms with Crippen molar-refractivity contribution in [1.82, 2.24) is 25.3 Å². The number of anilines is 1. The van der Waals surface area contributed by atoms with Crippen molar-refractivity contribution in [3.8, 4) is 5.88 Å². The van der Waals surface area contributed by atoms with Gasteiger partial charge in [-0.2, -0.15) is 4.39 Å². The molecule has 2 aromatic heterocycles. The van der Waals surface area contributed by atoms with E-state index < -0.39 is 54.7 Å². The Morgan fingerprint density at radius 3 is 2.58 bits per heavy atom. The third kappa shape index (κ3) is 7.20. The van der Waals surface area contributed by atoms with E-state index in [1.807, 2.05) is 6.07 Å². The summed E-state index contributed by atoms with van der Waals surface area (Å²) in [6.07, 6.45) is -0.546. The highest BCUT2D eigenvalue weighted by molar-refractivity contribution is 6.29. The predicted molar refractivity (Wildman–Crippen MR) is 139 cm³/mol. The molecule has 3 aromatic rings. The van der Waals surface area contributed by atoms with Crippen LogP contribution in [-0.4, -0.2) is 51.1 Å². The van der Waals surface area contributed by atoms with Gasteiger partial charge in [0, 0.05) is 18.4 Å². The van der Waals surface area contributed by atoms with Crippen molar-refractivity contribution in [3.05, 3.63) is 64.8 Å². The van der Waals surface area contributed by atoms with Crippen LogP contribution in [0.2, 0.25) is 5.15 Å². The normalized spacial score (nSPS) is 16.6. The van der Waals surface area contributed by atoms with Crippen molar-refractivity contribution >= 4 is 29.3 Å². The number of nitrogens with one attached hydrogen (secondary N) is 2. The molecule has 2 amide bonds. The molecule has 1 fully saturated rings. The SMILES string of the molecule is COc1nnc(Cl)cc1C(C)n1cc(NC(=O)C(NC(=O)OCc2ccccc2)C2CCC(F)(F)CC2)c(F)n1. The van der Waals surface area contributed by atoms with Crippen LogP contribution in [0.4, 0.5) is 23.7 Å². The van der Waals surface area contributed by atoms with E-state index in [2.05, 4.69) is 25.9 Å². The number of amides is 2. The monoisotopic (exact) mass is 580 g/mol. The molecule has 2 unspecified atom stereocenters. The average molecular weight is 581 g/mol. The van der Waals surface area contributed by atoms with E-state index in [-0.39, 0.29) is 36.2 Å². The molecule has 1 aromatic carbocycles. The summed E-state index contributed by atoms with van der Waals surface area (Å²) in [6, 6.07) is 8.51. The number of rotatable bonds is 9. The second-order valence-electron chi connectivity index (χ2n) is 9.49. The maximum absolute atomic E-state index is 14.8. The largest absolute Gasteiger partial charge is 0.480 e. The molecular weight excluding hydrogens is 553 g/mol. The highest BCUT2D eigenvalue weighted by Gasteiger charge is 2.40. The minimum Gasteiger partial charge on any atom is -0.480 e. The first-order chi connectivity index (χ1) is 19.1. The lowest BCUT2D eigenvalue weighted by Crippen LogP contribution is -2.50. The first-order valence-corrected chi connectivity index (χ1v) is 12.9. The Kier molecular flexibility index (Phi) is 9.13. The molecule has 2 heterocycles. The number of hydrogen-bond acceptors (Lipinski definition) is 7. The number of hydrogen-bond donors (Lipinski definition) is 2. The quantitative estimate of drug-likeness (QED) is 0.359. The lowest BCUT2D eigenvalue weighted by Gasteiger charge is -2.33. The van der Waals surface area contributed by atoms with E-state index in [9.17, 15) is 22.8 Å². The maximum atomic E-state index is 14.8. The van der Waals surface area contributed by atoms with Gasteiger partial charge in [0.2, 0.25) is 17.7 Å². The van der Waals surface area contributed by atoms with E-state index in [4.69, 9.17) is 21.1 Å². The number of methoxy groups -OCH3 is 1. The van der Waals surface area contributed by atoms with Gasteiger partial charge < -0.3 is 20.1 Å². The number of carbonyl (C=O) groups is 2.